The molecule has 2 heterocycles. The topological polar surface area (TPSA) is 64.9 Å². The summed E-state index contributed by atoms with van der Waals surface area (Å²) in [5, 5.41) is 2.86. The van der Waals surface area contributed by atoms with Crippen LogP contribution in [0.3, 0.4) is 0 Å². The van der Waals surface area contributed by atoms with Crippen LogP contribution in [0.15, 0.2) is 79.1 Å². The van der Waals surface area contributed by atoms with E-state index in [4.69, 9.17) is 9.47 Å². The van der Waals surface area contributed by atoms with Crippen LogP contribution in [0, 0.1) is 6.92 Å². The largest absolute Gasteiger partial charge is 0.493 e. The first-order valence-corrected chi connectivity index (χ1v) is 9.90. The van der Waals surface area contributed by atoms with E-state index >= 15 is 0 Å². The van der Waals surface area contributed by atoms with E-state index in [9.17, 15) is 4.79 Å². The normalized spacial score (nSPS) is 11.0. The van der Waals surface area contributed by atoms with E-state index in [1.54, 1.807) is 31.4 Å². The van der Waals surface area contributed by atoms with Crippen molar-refractivity contribution >= 4 is 23.3 Å². The Morgan fingerprint density at radius 3 is 2.81 bits per heavy atom. The molecule has 4 rings (SSSR count). The summed E-state index contributed by atoms with van der Waals surface area (Å²) in [6, 6.07) is 19.0. The van der Waals surface area contributed by atoms with Crippen LogP contribution in [0.4, 0.5) is 5.69 Å². The van der Waals surface area contributed by atoms with Crippen LogP contribution in [-0.4, -0.2) is 22.4 Å². The summed E-state index contributed by atoms with van der Waals surface area (Å²) in [6.07, 6.45) is 7.15. The van der Waals surface area contributed by atoms with Crippen LogP contribution in [0.25, 0.3) is 11.7 Å². The molecule has 0 spiro atoms. The zero-order valence-electron chi connectivity index (χ0n) is 17.4. The summed E-state index contributed by atoms with van der Waals surface area (Å²) in [4.78, 5) is 16.9. The maximum absolute atomic E-state index is 12.3. The number of fused-ring (bicyclic) bond motifs is 1. The van der Waals surface area contributed by atoms with Crippen molar-refractivity contribution in [2.75, 3.05) is 12.4 Å². The molecule has 2 aromatic carbocycles. The lowest BCUT2D eigenvalue weighted by atomic mass is 10.1. The number of amides is 1. The van der Waals surface area contributed by atoms with Crippen molar-refractivity contribution < 1.29 is 14.3 Å². The van der Waals surface area contributed by atoms with Gasteiger partial charge in [0, 0.05) is 30.2 Å². The first-order valence-electron chi connectivity index (χ1n) is 9.90. The van der Waals surface area contributed by atoms with Gasteiger partial charge in [0.05, 0.1) is 12.8 Å². The van der Waals surface area contributed by atoms with Crippen molar-refractivity contribution in [1.29, 1.82) is 0 Å². The predicted octanol–water partition coefficient (Wildman–Crippen LogP) is 4.88. The average molecular weight is 413 g/mol. The Labute approximate surface area is 180 Å². The number of rotatable bonds is 7. The first kappa shape index (κ1) is 20.2. The Morgan fingerprint density at radius 1 is 1.10 bits per heavy atom. The Morgan fingerprint density at radius 2 is 2.00 bits per heavy atom. The number of carbonyl (C=O) groups is 1. The van der Waals surface area contributed by atoms with Gasteiger partial charge in [-0.2, -0.15) is 0 Å². The van der Waals surface area contributed by atoms with E-state index in [0.717, 1.165) is 22.5 Å². The third-order valence-electron chi connectivity index (χ3n) is 4.69. The molecular weight excluding hydrogens is 390 g/mol. The van der Waals surface area contributed by atoms with Crippen molar-refractivity contribution in [3.8, 4) is 11.5 Å². The van der Waals surface area contributed by atoms with Gasteiger partial charge < -0.3 is 19.2 Å². The van der Waals surface area contributed by atoms with Crippen LogP contribution in [0.1, 0.15) is 16.8 Å². The van der Waals surface area contributed by atoms with Gasteiger partial charge in [0.1, 0.15) is 12.3 Å². The molecule has 0 saturated heterocycles. The number of imidazole rings is 1. The maximum atomic E-state index is 12.3. The molecule has 156 valence electrons. The number of anilines is 1. The number of carbonyl (C=O) groups excluding carboxylic acids is 1. The van der Waals surface area contributed by atoms with E-state index in [1.165, 1.54) is 6.08 Å². The number of nitrogens with one attached hydrogen (secondary N) is 1. The third kappa shape index (κ3) is 5.11. The van der Waals surface area contributed by atoms with Crippen LogP contribution in [0.2, 0.25) is 0 Å². The molecule has 1 amide bonds. The molecule has 31 heavy (non-hydrogen) atoms. The molecule has 0 radical (unpaired) electrons. The summed E-state index contributed by atoms with van der Waals surface area (Å²) in [5.74, 6) is 0.884. The smallest absolute Gasteiger partial charge is 0.248 e. The predicted molar refractivity (Wildman–Crippen MR) is 121 cm³/mol. The highest BCUT2D eigenvalue weighted by Gasteiger charge is 2.09. The fourth-order valence-corrected chi connectivity index (χ4v) is 3.21. The van der Waals surface area contributed by atoms with Crippen LogP contribution in [-0.2, 0) is 11.4 Å². The second kappa shape index (κ2) is 9.17. The number of methoxy groups -OCH3 is 1. The Hall–Kier alpha value is -4.06. The van der Waals surface area contributed by atoms with Gasteiger partial charge in [0.2, 0.25) is 5.91 Å². The van der Waals surface area contributed by atoms with E-state index in [-0.39, 0.29) is 12.5 Å². The van der Waals surface area contributed by atoms with E-state index in [2.05, 4.69) is 10.3 Å². The Balaban J connectivity index is 1.44. The lowest BCUT2D eigenvalue weighted by Gasteiger charge is -2.12. The Bertz CT molecular complexity index is 1210. The maximum Gasteiger partial charge on any atom is 0.248 e. The minimum atomic E-state index is -0.224. The highest BCUT2D eigenvalue weighted by atomic mass is 16.5. The molecular formula is C25H23N3O3. The molecule has 4 aromatic rings. The van der Waals surface area contributed by atoms with E-state index in [0.29, 0.717) is 17.2 Å². The van der Waals surface area contributed by atoms with Crippen LogP contribution in [0.5, 0.6) is 11.5 Å². The van der Waals surface area contributed by atoms with Gasteiger partial charge in [-0.1, -0.05) is 35.9 Å². The fourth-order valence-electron chi connectivity index (χ4n) is 3.21. The number of ether oxygens (including phenoxy) is 2. The van der Waals surface area contributed by atoms with Gasteiger partial charge >= 0.3 is 0 Å². The van der Waals surface area contributed by atoms with Gasteiger partial charge in [-0.15, -0.1) is 0 Å². The summed E-state index contributed by atoms with van der Waals surface area (Å²) >= 11 is 0. The lowest BCUT2D eigenvalue weighted by molar-refractivity contribution is -0.111. The molecule has 0 fully saturated rings. The minimum absolute atomic E-state index is 0.224. The molecule has 6 nitrogen and oxygen atoms in total. The SMILES string of the molecule is COc1ccc(NC(=O)/C=C/c2cccc(C)c2)cc1OCc1cn2ccccc2n1. The number of hydrogen-bond acceptors (Lipinski definition) is 4. The highest BCUT2D eigenvalue weighted by Crippen LogP contribution is 2.31. The number of aryl methyl sites for hydroxylation is 1. The van der Waals surface area contributed by atoms with E-state index < -0.39 is 0 Å². The fraction of sp³-hybridized carbons (Fsp3) is 0.120. The molecule has 0 atom stereocenters. The number of benzene rings is 2. The zero-order valence-corrected chi connectivity index (χ0v) is 17.4. The molecule has 0 aliphatic heterocycles. The molecule has 0 bridgehead atoms. The van der Waals surface area contributed by atoms with Gasteiger partial charge in [-0.05, 0) is 42.8 Å². The molecule has 0 aliphatic rings. The molecule has 0 saturated carbocycles. The third-order valence-corrected chi connectivity index (χ3v) is 4.69. The number of hydrogen-bond donors (Lipinski definition) is 1. The zero-order chi connectivity index (χ0) is 21.6. The Kier molecular flexibility index (Phi) is 5.98. The molecule has 2 aromatic heterocycles. The first-order chi connectivity index (χ1) is 15.1. The number of pyridine rings is 1. The summed E-state index contributed by atoms with van der Waals surface area (Å²) < 4.78 is 13.3. The van der Waals surface area contributed by atoms with Crippen molar-refractivity contribution in [3.05, 3.63) is 96.0 Å². The van der Waals surface area contributed by atoms with Gasteiger partial charge in [-0.3, -0.25) is 4.79 Å². The van der Waals surface area contributed by atoms with Crippen LogP contribution >= 0.6 is 0 Å². The van der Waals surface area contributed by atoms with Crippen molar-refractivity contribution in [1.82, 2.24) is 9.38 Å². The number of aromatic nitrogens is 2. The van der Waals surface area contributed by atoms with Crippen molar-refractivity contribution in [2.45, 2.75) is 13.5 Å². The summed E-state index contributed by atoms with van der Waals surface area (Å²) in [6.45, 7) is 2.30. The van der Waals surface area contributed by atoms with Crippen molar-refractivity contribution in [3.63, 3.8) is 0 Å². The van der Waals surface area contributed by atoms with Crippen molar-refractivity contribution in [2.24, 2.45) is 0 Å². The number of nitrogens with zero attached hydrogens (tertiary/aromatic N) is 2. The quantitative estimate of drug-likeness (QED) is 0.439. The molecule has 1 N–H and O–H groups in total. The molecule has 0 unspecified atom stereocenters. The standard InChI is InChI=1S/C25H23N3O3/c1-18-6-5-7-19(14-18)9-12-25(29)27-20-10-11-22(30-2)23(15-20)31-17-21-16-28-13-4-3-8-24(28)26-21/h3-16H,17H2,1-2H3,(H,27,29)/b12-9+. The minimum Gasteiger partial charge on any atom is -0.493 e. The van der Waals surface area contributed by atoms with E-state index in [1.807, 2.05) is 66.2 Å². The van der Waals surface area contributed by atoms with Gasteiger partial charge in [-0.25, -0.2) is 4.98 Å². The second-order valence-corrected chi connectivity index (χ2v) is 7.09. The highest BCUT2D eigenvalue weighted by molar-refractivity contribution is 6.02. The van der Waals surface area contributed by atoms with Gasteiger partial charge in [0.25, 0.3) is 0 Å². The summed E-state index contributed by atoms with van der Waals surface area (Å²) in [5.41, 5.74) is 4.38. The second-order valence-electron chi connectivity index (χ2n) is 7.09. The van der Waals surface area contributed by atoms with Gasteiger partial charge in [0.15, 0.2) is 11.5 Å². The average Bonchev–Trinajstić information content (AvgIpc) is 3.19. The van der Waals surface area contributed by atoms with Crippen LogP contribution < -0.4 is 14.8 Å². The molecule has 0 aliphatic carbocycles. The lowest BCUT2D eigenvalue weighted by Crippen LogP contribution is -2.08. The monoisotopic (exact) mass is 413 g/mol. The molecule has 6 heteroatoms. The summed E-state index contributed by atoms with van der Waals surface area (Å²) in [7, 11) is 1.58.